The number of hydrogen-bond acceptors (Lipinski definition) is 2. The predicted molar refractivity (Wildman–Crippen MR) is 63.8 cm³/mol. The molecular weight excluding hydrogens is 207 g/mol. The predicted octanol–water partition coefficient (Wildman–Crippen LogP) is 4.09. The second kappa shape index (κ2) is 5.39. The van der Waals surface area contributed by atoms with E-state index in [1.807, 2.05) is 13.8 Å². The highest BCUT2D eigenvalue weighted by Gasteiger charge is 2.09. The highest BCUT2D eigenvalue weighted by molar-refractivity contribution is 5.80. The van der Waals surface area contributed by atoms with Crippen LogP contribution in [0.1, 0.15) is 26.9 Å². The summed E-state index contributed by atoms with van der Waals surface area (Å²) in [5.41, 5.74) is 0.692. The van der Waals surface area contributed by atoms with Crippen LogP contribution in [0.25, 0.3) is 10.9 Å². The number of aromatic nitrogens is 1. The van der Waals surface area contributed by atoms with Crippen LogP contribution in [0.4, 0.5) is 4.39 Å². The largest absolute Gasteiger partial charge is 0.322 e. The van der Waals surface area contributed by atoms with Crippen LogP contribution in [0, 0.1) is 10.7 Å². The van der Waals surface area contributed by atoms with Gasteiger partial charge in [0.1, 0.15) is 5.82 Å². The van der Waals surface area contributed by atoms with Crippen LogP contribution in [-0.4, -0.2) is 4.57 Å². The molecule has 4 heteroatoms. The van der Waals surface area contributed by atoms with Crippen molar-refractivity contribution in [3.8, 4) is 0 Å². The summed E-state index contributed by atoms with van der Waals surface area (Å²) in [4.78, 5) is 10.4. The van der Waals surface area contributed by atoms with Crippen molar-refractivity contribution in [1.82, 2.24) is 4.57 Å². The molecule has 0 aliphatic rings. The zero-order valence-electron chi connectivity index (χ0n) is 9.64. The van der Waals surface area contributed by atoms with Crippen molar-refractivity contribution in [2.45, 2.75) is 26.9 Å². The van der Waals surface area contributed by atoms with Crippen LogP contribution in [0.15, 0.2) is 35.6 Å². The van der Waals surface area contributed by atoms with E-state index >= 15 is 0 Å². The maximum atomic E-state index is 13.2. The fraction of sp³-hybridized carbons (Fsp3) is 0.333. The molecule has 2 aromatic rings. The van der Waals surface area contributed by atoms with Crippen molar-refractivity contribution >= 4 is 10.9 Å². The smallest absolute Gasteiger partial charge is 0.164 e. The van der Waals surface area contributed by atoms with Gasteiger partial charge in [0.25, 0.3) is 0 Å². The van der Waals surface area contributed by atoms with E-state index in [-0.39, 0.29) is 5.82 Å². The number of benzene rings is 1. The summed E-state index contributed by atoms with van der Waals surface area (Å²) in [5, 5.41) is 3.42. The standard InChI is InChI=1S/C10H9FN2O.C2H6/c1-7(12-14)13-6-5-8-9(11)3-2-4-10(8)13;1-2/h2-7H,1H3;1-2H3. The van der Waals surface area contributed by atoms with Crippen LogP contribution in [0.2, 0.25) is 0 Å². The molecule has 1 heterocycles. The van der Waals surface area contributed by atoms with Crippen molar-refractivity contribution in [3.05, 3.63) is 41.2 Å². The molecule has 0 saturated carbocycles. The molecule has 1 unspecified atom stereocenters. The van der Waals surface area contributed by atoms with E-state index < -0.39 is 6.17 Å². The van der Waals surface area contributed by atoms with E-state index in [1.165, 1.54) is 6.07 Å². The lowest BCUT2D eigenvalue weighted by Gasteiger charge is -2.06. The van der Waals surface area contributed by atoms with E-state index in [0.717, 1.165) is 0 Å². The zero-order valence-corrected chi connectivity index (χ0v) is 9.64. The first-order valence-electron chi connectivity index (χ1n) is 5.31. The number of rotatable bonds is 2. The Balaban J connectivity index is 0.000000606. The Labute approximate surface area is 93.9 Å². The van der Waals surface area contributed by atoms with Crippen LogP contribution < -0.4 is 0 Å². The number of nitroso groups, excluding NO2 is 1. The second-order valence-corrected chi connectivity index (χ2v) is 3.13. The van der Waals surface area contributed by atoms with Gasteiger partial charge in [-0.25, -0.2) is 4.39 Å². The van der Waals surface area contributed by atoms with Gasteiger partial charge in [0.05, 0.1) is 5.52 Å². The molecule has 0 aliphatic carbocycles. The van der Waals surface area contributed by atoms with Gasteiger partial charge in [-0.15, -0.1) is 4.91 Å². The Hall–Kier alpha value is -1.71. The molecule has 86 valence electrons. The Morgan fingerprint density at radius 3 is 2.62 bits per heavy atom. The summed E-state index contributed by atoms with van der Waals surface area (Å²) in [6.45, 7) is 5.66. The van der Waals surface area contributed by atoms with E-state index in [0.29, 0.717) is 10.9 Å². The Morgan fingerprint density at radius 1 is 1.31 bits per heavy atom. The lowest BCUT2D eigenvalue weighted by atomic mass is 10.2. The minimum atomic E-state index is -0.505. The van der Waals surface area contributed by atoms with Crippen LogP contribution in [-0.2, 0) is 0 Å². The van der Waals surface area contributed by atoms with E-state index in [2.05, 4.69) is 5.18 Å². The molecular formula is C12H15FN2O. The van der Waals surface area contributed by atoms with Crippen molar-refractivity contribution in [1.29, 1.82) is 0 Å². The summed E-state index contributed by atoms with van der Waals surface area (Å²) >= 11 is 0. The van der Waals surface area contributed by atoms with Crippen molar-refractivity contribution in [2.75, 3.05) is 0 Å². The minimum absolute atomic E-state index is 0.278. The number of fused-ring (bicyclic) bond motifs is 1. The molecule has 1 aromatic carbocycles. The summed E-state index contributed by atoms with van der Waals surface area (Å²) in [6, 6.07) is 6.42. The molecule has 0 bridgehead atoms. The maximum absolute atomic E-state index is 13.2. The summed E-state index contributed by atoms with van der Waals surface area (Å²) in [6.07, 6.45) is 1.16. The van der Waals surface area contributed by atoms with Gasteiger partial charge in [-0.3, -0.25) is 0 Å². The SMILES string of the molecule is CC.CC(N=O)n1ccc2c(F)cccc21. The molecule has 0 spiro atoms. The third-order valence-corrected chi connectivity index (χ3v) is 2.26. The molecule has 1 atom stereocenters. The quantitative estimate of drug-likeness (QED) is 0.704. The Bertz CT molecular complexity index is 479. The van der Waals surface area contributed by atoms with Crippen molar-refractivity contribution in [2.24, 2.45) is 5.18 Å². The summed E-state index contributed by atoms with van der Waals surface area (Å²) in [7, 11) is 0. The third kappa shape index (κ3) is 2.10. The molecule has 0 radical (unpaired) electrons. The molecule has 0 saturated heterocycles. The van der Waals surface area contributed by atoms with E-state index in [4.69, 9.17) is 0 Å². The van der Waals surface area contributed by atoms with E-state index in [9.17, 15) is 9.30 Å². The second-order valence-electron chi connectivity index (χ2n) is 3.13. The highest BCUT2D eigenvalue weighted by Crippen LogP contribution is 2.22. The first kappa shape index (κ1) is 12.4. The summed E-state index contributed by atoms with van der Waals surface area (Å²) < 4.78 is 14.9. The number of hydrogen-bond donors (Lipinski definition) is 0. The first-order valence-corrected chi connectivity index (χ1v) is 5.31. The monoisotopic (exact) mass is 222 g/mol. The molecule has 0 aliphatic heterocycles. The molecule has 0 fully saturated rings. The fourth-order valence-corrected chi connectivity index (χ4v) is 1.53. The van der Waals surface area contributed by atoms with Crippen molar-refractivity contribution < 1.29 is 4.39 Å². The molecule has 16 heavy (non-hydrogen) atoms. The van der Waals surface area contributed by atoms with Gasteiger partial charge >= 0.3 is 0 Å². The lowest BCUT2D eigenvalue weighted by Crippen LogP contribution is -1.99. The van der Waals surface area contributed by atoms with Gasteiger partial charge in [0.2, 0.25) is 0 Å². The fourth-order valence-electron chi connectivity index (χ4n) is 1.53. The zero-order chi connectivity index (χ0) is 12.1. The van der Waals surface area contributed by atoms with E-state index in [1.54, 1.807) is 35.9 Å². The minimum Gasteiger partial charge on any atom is -0.322 e. The van der Waals surface area contributed by atoms with Crippen LogP contribution in [0.5, 0.6) is 0 Å². The average Bonchev–Trinajstić information content (AvgIpc) is 2.76. The Kier molecular flexibility index (Phi) is 4.17. The maximum Gasteiger partial charge on any atom is 0.164 e. The third-order valence-electron chi connectivity index (χ3n) is 2.26. The van der Waals surface area contributed by atoms with Gasteiger partial charge in [-0.05, 0) is 30.3 Å². The Morgan fingerprint density at radius 2 is 2.00 bits per heavy atom. The van der Waals surface area contributed by atoms with Crippen molar-refractivity contribution in [3.63, 3.8) is 0 Å². The van der Waals surface area contributed by atoms with Crippen LogP contribution >= 0.6 is 0 Å². The summed E-state index contributed by atoms with van der Waals surface area (Å²) in [5.74, 6) is -0.278. The molecule has 0 N–H and O–H groups in total. The lowest BCUT2D eigenvalue weighted by molar-refractivity contribution is 0.589. The van der Waals surface area contributed by atoms with Crippen LogP contribution in [0.3, 0.4) is 0 Å². The molecule has 2 rings (SSSR count). The number of nitrogens with zero attached hydrogens (tertiary/aromatic N) is 2. The van der Waals surface area contributed by atoms with Gasteiger partial charge in [-0.1, -0.05) is 19.9 Å². The molecule has 1 aromatic heterocycles. The molecule has 0 amide bonds. The number of halogens is 1. The normalized spacial score (nSPS) is 11.8. The molecule has 3 nitrogen and oxygen atoms in total. The first-order chi connectivity index (χ1) is 7.74. The van der Waals surface area contributed by atoms with Gasteiger partial charge in [0, 0.05) is 11.6 Å². The van der Waals surface area contributed by atoms with Gasteiger partial charge < -0.3 is 4.57 Å². The highest BCUT2D eigenvalue weighted by atomic mass is 19.1. The topological polar surface area (TPSA) is 34.4 Å². The van der Waals surface area contributed by atoms with Gasteiger partial charge in [-0.2, -0.15) is 0 Å². The average molecular weight is 222 g/mol. The van der Waals surface area contributed by atoms with Gasteiger partial charge in [0.15, 0.2) is 6.17 Å².